The number of carboxylic acid groups (broad SMARTS) is 1. The van der Waals surface area contributed by atoms with E-state index in [2.05, 4.69) is 21.2 Å². The van der Waals surface area contributed by atoms with Crippen LogP contribution in [-0.2, 0) is 4.79 Å². The molecule has 0 fully saturated rings. The van der Waals surface area contributed by atoms with Gasteiger partial charge in [0, 0.05) is 4.47 Å². The van der Waals surface area contributed by atoms with Gasteiger partial charge >= 0.3 is 5.97 Å². The van der Waals surface area contributed by atoms with Gasteiger partial charge in [0.25, 0.3) is 5.91 Å². The van der Waals surface area contributed by atoms with Gasteiger partial charge in [0.1, 0.15) is 6.04 Å². The number of carbonyl (C=O) groups is 2. The van der Waals surface area contributed by atoms with Crippen LogP contribution in [0.2, 0.25) is 0 Å². The molecule has 0 saturated heterocycles. The molecule has 1 atom stereocenters. The first-order valence-electron chi connectivity index (χ1n) is 5.05. The molecular weight excluding hydrogens is 288 g/mol. The van der Waals surface area contributed by atoms with Crippen LogP contribution in [-0.4, -0.2) is 23.0 Å². The van der Waals surface area contributed by atoms with E-state index in [1.807, 2.05) is 0 Å². The number of hydrogen-bond acceptors (Lipinski definition) is 3. The molecule has 0 aliphatic carbocycles. The Bertz CT molecular complexity index is 448. The fourth-order valence-corrected chi connectivity index (χ4v) is 1.68. The van der Waals surface area contributed by atoms with Crippen molar-refractivity contribution in [3.05, 3.63) is 28.2 Å². The van der Waals surface area contributed by atoms with Crippen molar-refractivity contribution in [2.45, 2.75) is 19.4 Å². The van der Waals surface area contributed by atoms with E-state index < -0.39 is 17.9 Å². The van der Waals surface area contributed by atoms with Crippen LogP contribution in [0.3, 0.4) is 0 Å². The van der Waals surface area contributed by atoms with Gasteiger partial charge in [-0.05, 0) is 34.5 Å². The quantitative estimate of drug-likeness (QED) is 0.737. The maximum Gasteiger partial charge on any atom is 0.326 e. The molecule has 0 aromatic heterocycles. The highest BCUT2D eigenvalue weighted by Gasteiger charge is 2.20. The van der Waals surface area contributed by atoms with Gasteiger partial charge < -0.3 is 16.2 Å². The second-order valence-corrected chi connectivity index (χ2v) is 4.33. The minimum Gasteiger partial charge on any atom is -0.480 e. The molecule has 0 heterocycles. The monoisotopic (exact) mass is 300 g/mol. The summed E-state index contributed by atoms with van der Waals surface area (Å²) < 4.78 is 0.605. The second-order valence-electron chi connectivity index (χ2n) is 3.47. The zero-order chi connectivity index (χ0) is 13.0. The number of rotatable bonds is 4. The van der Waals surface area contributed by atoms with Gasteiger partial charge in [0.05, 0.1) is 11.3 Å². The third-order valence-corrected chi connectivity index (χ3v) is 3.00. The number of nitrogens with one attached hydrogen (secondary N) is 1. The highest BCUT2D eigenvalue weighted by molar-refractivity contribution is 9.10. The van der Waals surface area contributed by atoms with Gasteiger partial charge in [-0.2, -0.15) is 0 Å². The largest absolute Gasteiger partial charge is 0.480 e. The van der Waals surface area contributed by atoms with Gasteiger partial charge in [-0.15, -0.1) is 0 Å². The second kappa shape index (κ2) is 5.67. The molecule has 92 valence electrons. The molecule has 1 rings (SSSR count). The summed E-state index contributed by atoms with van der Waals surface area (Å²) in [5.41, 5.74) is 6.28. The zero-order valence-electron chi connectivity index (χ0n) is 9.24. The number of aliphatic carboxylic acids is 1. The van der Waals surface area contributed by atoms with Crippen molar-refractivity contribution in [3.63, 3.8) is 0 Å². The summed E-state index contributed by atoms with van der Waals surface area (Å²) in [5.74, 6) is -1.55. The zero-order valence-corrected chi connectivity index (χ0v) is 10.8. The average Bonchev–Trinajstić information content (AvgIpc) is 2.28. The van der Waals surface area contributed by atoms with Gasteiger partial charge in [-0.3, -0.25) is 4.79 Å². The lowest BCUT2D eigenvalue weighted by Crippen LogP contribution is -2.40. The first-order valence-corrected chi connectivity index (χ1v) is 5.84. The summed E-state index contributed by atoms with van der Waals surface area (Å²) in [5, 5.41) is 11.2. The van der Waals surface area contributed by atoms with E-state index in [1.54, 1.807) is 25.1 Å². The highest BCUT2D eigenvalue weighted by Crippen LogP contribution is 2.22. The van der Waals surface area contributed by atoms with Crippen LogP contribution in [0, 0.1) is 0 Å². The first-order chi connectivity index (χ1) is 7.97. The fourth-order valence-electron chi connectivity index (χ4n) is 1.31. The van der Waals surface area contributed by atoms with E-state index in [1.165, 1.54) is 0 Å². The molecule has 6 heteroatoms. The Labute approximate surface area is 107 Å². The molecule has 0 radical (unpaired) electrons. The predicted molar refractivity (Wildman–Crippen MR) is 67.7 cm³/mol. The highest BCUT2D eigenvalue weighted by atomic mass is 79.9. The van der Waals surface area contributed by atoms with Crippen molar-refractivity contribution >= 4 is 33.5 Å². The van der Waals surface area contributed by atoms with Gasteiger partial charge in [-0.1, -0.05) is 13.0 Å². The van der Waals surface area contributed by atoms with Crippen LogP contribution in [0.1, 0.15) is 23.7 Å². The molecule has 5 nitrogen and oxygen atoms in total. The number of para-hydroxylation sites is 1. The molecule has 1 aromatic rings. The van der Waals surface area contributed by atoms with Crippen molar-refractivity contribution in [2.24, 2.45) is 0 Å². The summed E-state index contributed by atoms with van der Waals surface area (Å²) in [4.78, 5) is 22.6. The van der Waals surface area contributed by atoms with Gasteiger partial charge in [-0.25, -0.2) is 4.79 Å². The van der Waals surface area contributed by atoms with Crippen LogP contribution in [0.4, 0.5) is 5.69 Å². The number of benzene rings is 1. The lowest BCUT2D eigenvalue weighted by Gasteiger charge is -2.13. The van der Waals surface area contributed by atoms with Crippen molar-refractivity contribution in [2.75, 3.05) is 5.73 Å². The molecule has 0 spiro atoms. The number of carboxylic acids is 1. The summed E-state index contributed by atoms with van der Waals surface area (Å²) in [6.07, 6.45) is 0.314. The number of anilines is 1. The number of amides is 1. The molecule has 0 aliphatic rings. The number of nitrogen functional groups attached to an aromatic ring is 1. The Kier molecular flexibility index (Phi) is 4.51. The number of nitrogens with two attached hydrogens (primary N) is 1. The SMILES string of the molecule is CCC(NC(=O)c1cccc(Br)c1N)C(=O)O. The molecule has 4 N–H and O–H groups in total. The van der Waals surface area contributed by atoms with Crippen molar-refractivity contribution in [3.8, 4) is 0 Å². The lowest BCUT2D eigenvalue weighted by atomic mass is 10.1. The minimum atomic E-state index is -1.06. The maximum absolute atomic E-state index is 11.8. The minimum absolute atomic E-state index is 0.263. The molecule has 1 amide bonds. The van der Waals surface area contributed by atoms with E-state index in [9.17, 15) is 9.59 Å². The first kappa shape index (κ1) is 13.5. The topological polar surface area (TPSA) is 92.4 Å². The van der Waals surface area contributed by atoms with Gasteiger partial charge in [0.2, 0.25) is 0 Å². The van der Waals surface area contributed by atoms with Gasteiger partial charge in [0.15, 0.2) is 0 Å². The summed E-state index contributed by atoms with van der Waals surface area (Å²) in [6.45, 7) is 1.68. The van der Waals surface area contributed by atoms with E-state index in [-0.39, 0.29) is 5.56 Å². The number of hydrogen-bond donors (Lipinski definition) is 3. The van der Waals surface area contributed by atoms with E-state index >= 15 is 0 Å². The Morgan fingerprint density at radius 3 is 2.71 bits per heavy atom. The third-order valence-electron chi connectivity index (χ3n) is 2.31. The van der Waals surface area contributed by atoms with Crippen molar-refractivity contribution in [1.29, 1.82) is 0 Å². The summed E-state index contributed by atoms with van der Waals surface area (Å²) in [6, 6.07) is 4.02. The number of halogens is 1. The molecule has 0 aliphatic heterocycles. The Morgan fingerprint density at radius 2 is 2.18 bits per heavy atom. The Balaban J connectivity index is 2.90. The van der Waals surface area contributed by atoms with Crippen LogP contribution < -0.4 is 11.1 Å². The smallest absolute Gasteiger partial charge is 0.326 e. The third kappa shape index (κ3) is 3.20. The predicted octanol–water partition coefficient (Wildman–Crippen LogP) is 1.62. The normalized spacial score (nSPS) is 11.9. The van der Waals surface area contributed by atoms with E-state index in [4.69, 9.17) is 10.8 Å². The van der Waals surface area contributed by atoms with Crippen LogP contribution in [0.15, 0.2) is 22.7 Å². The van der Waals surface area contributed by atoms with Crippen molar-refractivity contribution in [1.82, 2.24) is 5.32 Å². The Hall–Kier alpha value is -1.56. The average molecular weight is 301 g/mol. The molecule has 1 aromatic carbocycles. The molecule has 0 saturated carbocycles. The molecular formula is C11H13BrN2O3. The van der Waals surface area contributed by atoms with Crippen molar-refractivity contribution < 1.29 is 14.7 Å². The van der Waals surface area contributed by atoms with E-state index in [0.717, 1.165) is 0 Å². The fraction of sp³-hybridized carbons (Fsp3) is 0.273. The number of carbonyl (C=O) groups excluding carboxylic acids is 1. The van der Waals surface area contributed by atoms with Crippen LogP contribution >= 0.6 is 15.9 Å². The molecule has 17 heavy (non-hydrogen) atoms. The van der Waals surface area contributed by atoms with Crippen LogP contribution in [0.5, 0.6) is 0 Å². The molecule has 1 unspecified atom stereocenters. The van der Waals surface area contributed by atoms with Crippen LogP contribution in [0.25, 0.3) is 0 Å². The summed E-state index contributed by atoms with van der Waals surface area (Å²) >= 11 is 3.21. The lowest BCUT2D eigenvalue weighted by molar-refractivity contribution is -0.139. The molecule has 0 bridgehead atoms. The Morgan fingerprint density at radius 1 is 1.53 bits per heavy atom. The maximum atomic E-state index is 11.8. The summed E-state index contributed by atoms with van der Waals surface area (Å²) in [7, 11) is 0. The standard InChI is InChI=1S/C11H13BrN2O3/c1-2-8(11(16)17)14-10(15)6-4-3-5-7(12)9(6)13/h3-5,8H,2,13H2,1H3,(H,14,15)(H,16,17). The van der Waals surface area contributed by atoms with E-state index in [0.29, 0.717) is 16.6 Å².